The highest BCUT2D eigenvalue weighted by atomic mass is 32.2. The number of furan rings is 1. The molecule has 0 saturated heterocycles. The molecule has 1 unspecified atom stereocenters. The molecule has 0 bridgehead atoms. The lowest BCUT2D eigenvalue weighted by Gasteiger charge is -2.18. The molecular weight excluding hydrogens is 430 g/mol. The zero-order chi connectivity index (χ0) is 23.1. The topological polar surface area (TPSA) is 95.7 Å². The number of rotatable bonds is 10. The van der Waals surface area contributed by atoms with E-state index in [4.69, 9.17) is 18.6 Å². The van der Waals surface area contributed by atoms with Gasteiger partial charge in [-0.2, -0.15) is 0 Å². The van der Waals surface area contributed by atoms with Crippen LogP contribution >= 0.6 is 11.8 Å². The zero-order valence-electron chi connectivity index (χ0n) is 18.8. The van der Waals surface area contributed by atoms with Crippen molar-refractivity contribution in [2.24, 2.45) is 0 Å². The van der Waals surface area contributed by atoms with E-state index < -0.39 is 0 Å². The predicted molar refractivity (Wildman–Crippen MR) is 122 cm³/mol. The Morgan fingerprint density at radius 2 is 2.00 bits per heavy atom. The minimum atomic E-state index is -0.275. The number of carbonyl (C=O) groups is 1. The van der Waals surface area contributed by atoms with Gasteiger partial charge in [0, 0.05) is 7.11 Å². The average Bonchev–Trinajstić information content (AvgIpc) is 3.33. The van der Waals surface area contributed by atoms with E-state index in [9.17, 15) is 4.79 Å². The second-order valence-corrected chi connectivity index (χ2v) is 7.74. The second kappa shape index (κ2) is 11.0. The van der Waals surface area contributed by atoms with E-state index in [0.717, 1.165) is 5.56 Å². The summed E-state index contributed by atoms with van der Waals surface area (Å²) in [7, 11) is 3.20. The number of ether oxygens (including phenoxy) is 3. The fourth-order valence-corrected chi connectivity index (χ4v) is 3.75. The Labute approximate surface area is 191 Å². The Morgan fingerprint density at radius 1 is 1.19 bits per heavy atom. The van der Waals surface area contributed by atoms with Crippen LogP contribution in [-0.2, 0) is 4.74 Å². The lowest BCUT2D eigenvalue weighted by Crippen LogP contribution is -2.28. The van der Waals surface area contributed by atoms with Crippen molar-refractivity contribution in [3.05, 3.63) is 53.4 Å². The van der Waals surface area contributed by atoms with Gasteiger partial charge in [0.05, 0.1) is 37.3 Å². The molecular formula is C23H27N3O5S. The molecule has 0 aliphatic rings. The van der Waals surface area contributed by atoms with Crippen LogP contribution in [0.1, 0.15) is 34.6 Å². The summed E-state index contributed by atoms with van der Waals surface area (Å²) in [5.41, 5.74) is 1.91. The van der Waals surface area contributed by atoms with E-state index in [0.29, 0.717) is 52.6 Å². The Morgan fingerprint density at radius 3 is 2.66 bits per heavy atom. The van der Waals surface area contributed by atoms with Crippen molar-refractivity contribution in [3.8, 4) is 23.1 Å². The molecule has 8 nitrogen and oxygen atoms in total. The first-order chi connectivity index (χ1) is 15.5. The molecule has 170 valence electrons. The summed E-state index contributed by atoms with van der Waals surface area (Å²) in [6.07, 6.45) is 3.44. The van der Waals surface area contributed by atoms with Gasteiger partial charge >= 0.3 is 0 Å². The lowest BCUT2D eigenvalue weighted by molar-refractivity contribution is 0.0935. The van der Waals surface area contributed by atoms with Crippen LogP contribution in [0.4, 0.5) is 0 Å². The summed E-state index contributed by atoms with van der Waals surface area (Å²) in [6, 6.07) is 8.86. The average molecular weight is 458 g/mol. The van der Waals surface area contributed by atoms with E-state index in [1.54, 1.807) is 39.5 Å². The fraction of sp³-hybridized carbons (Fsp3) is 0.348. The standard InChI is InChI=1S/C23H27N3O5S/c1-14(16-8-9-17(19(13-16)29-4)31-12-11-28-3)25-22(27)20-15(2)24-21(26-23(20)32-5)18-7-6-10-30-18/h6-10,13-14H,11-12H2,1-5H3,(H,25,27). The summed E-state index contributed by atoms with van der Waals surface area (Å²) in [6.45, 7) is 4.60. The highest BCUT2D eigenvalue weighted by Crippen LogP contribution is 2.31. The van der Waals surface area contributed by atoms with Gasteiger partial charge in [-0.3, -0.25) is 4.79 Å². The largest absolute Gasteiger partial charge is 0.493 e. The molecule has 0 aliphatic heterocycles. The number of aromatic nitrogens is 2. The van der Waals surface area contributed by atoms with Gasteiger partial charge in [0.2, 0.25) is 0 Å². The number of hydrogen-bond acceptors (Lipinski definition) is 8. The minimum absolute atomic E-state index is 0.246. The van der Waals surface area contributed by atoms with Gasteiger partial charge in [-0.15, -0.1) is 11.8 Å². The quantitative estimate of drug-likeness (QED) is 0.274. The number of hydrogen-bond donors (Lipinski definition) is 1. The van der Waals surface area contributed by atoms with Crippen LogP contribution in [0.2, 0.25) is 0 Å². The predicted octanol–water partition coefficient (Wildman–Crippen LogP) is 4.29. The van der Waals surface area contributed by atoms with E-state index in [2.05, 4.69) is 15.3 Å². The molecule has 0 fully saturated rings. The smallest absolute Gasteiger partial charge is 0.256 e. The molecule has 1 amide bonds. The lowest BCUT2D eigenvalue weighted by atomic mass is 10.1. The van der Waals surface area contributed by atoms with E-state index >= 15 is 0 Å². The summed E-state index contributed by atoms with van der Waals surface area (Å²) >= 11 is 1.39. The van der Waals surface area contributed by atoms with Crippen molar-refractivity contribution in [3.63, 3.8) is 0 Å². The van der Waals surface area contributed by atoms with Crippen molar-refractivity contribution < 1.29 is 23.4 Å². The minimum Gasteiger partial charge on any atom is -0.493 e. The number of methoxy groups -OCH3 is 2. The molecule has 1 aromatic carbocycles. The Bertz CT molecular complexity index is 1060. The third-order valence-corrected chi connectivity index (χ3v) is 5.48. The van der Waals surface area contributed by atoms with Crippen molar-refractivity contribution in [1.29, 1.82) is 0 Å². The van der Waals surface area contributed by atoms with Gasteiger partial charge in [-0.1, -0.05) is 6.07 Å². The highest BCUT2D eigenvalue weighted by molar-refractivity contribution is 7.98. The van der Waals surface area contributed by atoms with Crippen molar-refractivity contribution >= 4 is 17.7 Å². The van der Waals surface area contributed by atoms with Gasteiger partial charge < -0.3 is 23.9 Å². The van der Waals surface area contributed by atoms with Crippen LogP contribution in [0.15, 0.2) is 46.0 Å². The van der Waals surface area contributed by atoms with Crippen LogP contribution < -0.4 is 14.8 Å². The number of nitrogens with one attached hydrogen (secondary N) is 1. The number of nitrogens with zero attached hydrogens (tertiary/aromatic N) is 2. The summed E-state index contributed by atoms with van der Waals surface area (Å²) in [4.78, 5) is 22.1. The molecule has 2 heterocycles. The van der Waals surface area contributed by atoms with Crippen LogP contribution in [0.3, 0.4) is 0 Å². The van der Waals surface area contributed by atoms with Crippen molar-refractivity contribution in [1.82, 2.24) is 15.3 Å². The van der Waals surface area contributed by atoms with Crippen LogP contribution in [-0.4, -0.2) is 49.6 Å². The van der Waals surface area contributed by atoms with Crippen molar-refractivity contribution in [2.45, 2.75) is 24.9 Å². The third kappa shape index (κ3) is 5.41. The Balaban J connectivity index is 1.79. The van der Waals surface area contributed by atoms with Crippen LogP contribution in [0.25, 0.3) is 11.6 Å². The highest BCUT2D eigenvalue weighted by Gasteiger charge is 2.22. The number of aryl methyl sites for hydroxylation is 1. The molecule has 0 radical (unpaired) electrons. The van der Waals surface area contributed by atoms with Gasteiger partial charge in [-0.25, -0.2) is 9.97 Å². The maximum atomic E-state index is 13.1. The first kappa shape index (κ1) is 23.6. The van der Waals surface area contributed by atoms with Crippen LogP contribution in [0.5, 0.6) is 11.5 Å². The maximum Gasteiger partial charge on any atom is 0.256 e. The third-order valence-electron chi connectivity index (χ3n) is 4.80. The molecule has 9 heteroatoms. The molecule has 0 spiro atoms. The van der Waals surface area contributed by atoms with Gasteiger partial charge in [0.15, 0.2) is 23.1 Å². The second-order valence-electron chi connectivity index (χ2n) is 6.94. The number of thioether (sulfide) groups is 1. The van der Waals surface area contributed by atoms with E-state index in [-0.39, 0.29) is 11.9 Å². The monoisotopic (exact) mass is 457 g/mol. The van der Waals surface area contributed by atoms with Crippen molar-refractivity contribution in [2.75, 3.05) is 33.7 Å². The normalized spacial score (nSPS) is 11.8. The summed E-state index contributed by atoms with van der Waals surface area (Å²) < 4.78 is 21.5. The molecule has 3 rings (SSSR count). The Kier molecular flexibility index (Phi) is 8.13. The SMILES string of the molecule is COCCOc1ccc(C(C)NC(=O)c2c(C)nc(-c3ccco3)nc2SC)cc1OC. The first-order valence-corrected chi connectivity index (χ1v) is 11.3. The molecule has 1 atom stereocenters. The van der Waals surface area contributed by atoms with Gasteiger partial charge in [-0.05, 0) is 49.9 Å². The zero-order valence-corrected chi connectivity index (χ0v) is 19.6. The maximum absolute atomic E-state index is 13.1. The molecule has 3 aromatic rings. The summed E-state index contributed by atoms with van der Waals surface area (Å²) in [5.74, 6) is 1.98. The number of amides is 1. The molecule has 2 aromatic heterocycles. The fourth-order valence-electron chi connectivity index (χ4n) is 3.13. The molecule has 32 heavy (non-hydrogen) atoms. The van der Waals surface area contributed by atoms with Crippen LogP contribution in [0, 0.1) is 6.92 Å². The van der Waals surface area contributed by atoms with Gasteiger partial charge in [0.25, 0.3) is 5.91 Å². The first-order valence-electron chi connectivity index (χ1n) is 10.1. The molecule has 1 N–H and O–H groups in total. The summed E-state index contributed by atoms with van der Waals surface area (Å²) in [5, 5.41) is 3.62. The number of carbonyl (C=O) groups excluding carboxylic acids is 1. The van der Waals surface area contributed by atoms with Gasteiger partial charge in [0.1, 0.15) is 11.6 Å². The molecule has 0 saturated carbocycles. The van der Waals surface area contributed by atoms with E-state index in [1.807, 2.05) is 31.4 Å². The van der Waals surface area contributed by atoms with E-state index in [1.165, 1.54) is 11.8 Å². The Hall–Kier alpha value is -3.04. The number of benzene rings is 1. The molecule has 0 aliphatic carbocycles.